The number of amides is 1. The number of carbonyl (C=O) groups is 1. The van der Waals surface area contributed by atoms with Gasteiger partial charge in [0.2, 0.25) is 0 Å². The van der Waals surface area contributed by atoms with Gasteiger partial charge < -0.3 is 4.90 Å². The largest absolute Gasteiger partial charge is 0.406 e. The molecule has 0 saturated heterocycles. The number of aryl methyl sites for hydroxylation is 2. The quantitative estimate of drug-likeness (QED) is 0.786. The maximum atomic E-state index is 12.4. The summed E-state index contributed by atoms with van der Waals surface area (Å²) in [4.78, 5) is 17.1. The molecule has 1 amide bonds. The monoisotopic (exact) mass is 344 g/mol. The second-order valence-electron chi connectivity index (χ2n) is 3.68. The molecule has 3 nitrogen and oxygen atoms in total. The summed E-state index contributed by atoms with van der Waals surface area (Å²) in [6, 6.07) is 0. The molecule has 0 unspecified atom stereocenters. The van der Waals surface area contributed by atoms with Gasteiger partial charge in [0.05, 0.1) is 10.7 Å². The van der Waals surface area contributed by atoms with E-state index in [-0.39, 0.29) is 11.4 Å². The third kappa shape index (κ3) is 4.24. The Kier molecular flexibility index (Phi) is 5.15. The van der Waals surface area contributed by atoms with E-state index in [1.165, 1.54) is 0 Å². The lowest BCUT2D eigenvalue weighted by atomic mass is 10.3. The minimum absolute atomic E-state index is 0.00866. The van der Waals surface area contributed by atoms with Crippen molar-refractivity contribution in [3.8, 4) is 0 Å². The lowest BCUT2D eigenvalue weighted by molar-refractivity contribution is -0.140. The molecule has 0 atom stereocenters. The number of hydrogen-bond acceptors (Lipinski definition) is 3. The topological polar surface area (TPSA) is 33.2 Å². The number of halogens is 4. The SMILES string of the molecule is Cc1nc(C)c(C(=O)N(CCBr)CC(F)(F)F)s1. The molecule has 18 heavy (non-hydrogen) atoms. The summed E-state index contributed by atoms with van der Waals surface area (Å²) < 4.78 is 37.2. The van der Waals surface area contributed by atoms with Crippen molar-refractivity contribution in [2.45, 2.75) is 20.0 Å². The number of nitrogens with zero attached hydrogens (tertiary/aromatic N) is 2. The second-order valence-corrected chi connectivity index (χ2v) is 5.67. The molecule has 0 aliphatic heterocycles. The number of alkyl halides is 4. The average Bonchev–Trinajstić information content (AvgIpc) is 2.54. The van der Waals surface area contributed by atoms with E-state index in [1.807, 2.05) is 0 Å². The van der Waals surface area contributed by atoms with Gasteiger partial charge in [-0.25, -0.2) is 4.98 Å². The smallest absolute Gasteiger partial charge is 0.328 e. The van der Waals surface area contributed by atoms with Gasteiger partial charge in [0.1, 0.15) is 11.4 Å². The highest BCUT2D eigenvalue weighted by Gasteiger charge is 2.34. The summed E-state index contributed by atoms with van der Waals surface area (Å²) in [5.74, 6) is -0.616. The van der Waals surface area contributed by atoms with Gasteiger partial charge in [-0.15, -0.1) is 11.3 Å². The standard InChI is InChI=1S/C10H12BrF3N2OS/c1-6-8(18-7(2)15-6)9(17)16(4-3-11)5-10(12,13)14/h3-5H2,1-2H3. The lowest BCUT2D eigenvalue weighted by Gasteiger charge is -2.22. The van der Waals surface area contributed by atoms with Crippen molar-refractivity contribution in [2.75, 3.05) is 18.4 Å². The molecule has 0 N–H and O–H groups in total. The van der Waals surface area contributed by atoms with Crippen LogP contribution in [0.2, 0.25) is 0 Å². The summed E-state index contributed by atoms with van der Waals surface area (Å²) in [5.41, 5.74) is 0.476. The lowest BCUT2D eigenvalue weighted by Crippen LogP contribution is -2.40. The van der Waals surface area contributed by atoms with Crippen LogP contribution in [0.1, 0.15) is 20.4 Å². The van der Waals surface area contributed by atoms with Crippen LogP contribution in [0.5, 0.6) is 0 Å². The molecule has 1 heterocycles. The fourth-order valence-corrected chi connectivity index (χ4v) is 2.76. The Morgan fingerprint density at radius 3 is 2.44 bits per heavy atom. The van der Waals surface area contributed by atoms with Crippen molar-refractivity contribution >= 4 is 33.2 Å². The molecule has 0 fully saturated rings. The molecule has 0 aromatic carbocycles. The van der Waals surface area contributed by atoms with E-state index < -0.39 is 18.6 Å². The average molecular weight is 345 g/mol. The number of thiazole rings is 1. The van der Waals surface area contributed by atoms with E-state index >= 15 is 0 Å². The Bertz CT molecular complexity index is 433. The summed E-state index contributed by atoms with van der Waals surface area (Å²) in [6.45, 7) is 2.10. The maximum Gasteiger partial charge on any atom is 0.406 e. The molecule has 0 spiro atoms. The van der Waals surface area contributed by atoms with Crippen molar-refractivity contribution in [1.29, 1.82) is 0 Å². The normalized spacial score (nSPS) is 11.7. The molecule has 0 radical (unpaired) electrons. The van der Waals surface area contributed by atoms with Crippen molar-refractivity contribution in [1.82, 2.24) is 9.88 Å². The third-order valence-corrected chi connectivity index (χ3v) is 3.53. The highest BCUT2D eigenvalue weighted by Crippen LogP contribution is 2.22. The first-order valence-corrected chi connectivity index (χ1v) is 7.04. The summed E-state index contributed by atoms with van der Waals surface area (Å²) in [5, 5.41) is 0.965. The van der Waals surface area contributed by atoms with E-state index in [0.29, 0.717) is 16.0 Å². The van der Waals surface area contributed by atoms with Crippen LogP contribution in [-0.4, -0.2) is 40.4 Å². The Morgan fingerprint density at radius 1 is 1.44 bits per heavy atom. The van der Waals surface area contributed by atoms with E-state index in [4.69, 9.17) is 0 Å². The van der Waals surface area contributed by atoms with Gasteiger partial charge in [-0.3, -0.25) is 4.79 Å². The molecule has 1 rings (SSSR count). The Hall–Kier alpha value is -0.630. The van der Waals surface area contributed by atoms with Gasteiger partial charge in [-0.2, -0.15) is 13.2 Å². The Labute approximate surface area is 115 Å². The predicted molar refractivity (Wildman–Crippen MR) is 67.3 cm³/mol. The first-order chi connectivity index (χ1) is 8.24. The van der Waals surface area contributed by atoms with Gasteiger partial charge >= 0.3 is 6.18 Å². The van der Waals surface area contributed by atoms with Gasteiger partial charge in [0.25, 0.3) is 5.91 Å². The highest BCUT2D eigenvalue weighted by molar-refractivity contribution is 9.09. The Morgan fingerprint density at radius 2 is 2.06 bits per heavy atom. The fraction of sp³-hybridized carbons (Fsp3) is 0.600. The van der Waals surface area contributed by atoms with Crippen LogP contribution in [0.25, 0.3) is 0 Å². The van der Waals surface area contributed by atoms with Crippen molar-refractivity contribution in [3.63, 3.8) is 0 Å². The molecule has 0 aliphatic rings. The first-order valence-electron chi connectivity index (χ1n) is 5.10. The van der Waals surface area contributed by atoms with E-state index in [1.54, 1.807) is 13.8 Å². The Balaban J connectivity index is 2.92. The molecule has 0 aliphatic carbocycles. The molecular weight excluding hydrogens is 333 g/mol. The first kappa shape index (κ1) is 15.4. The van der Waals surface area contributed by atoms with Crippen LogP contribution < -0.4 is 0 Å². The van der Waals surface area contributed by atoms with Crippen molar-refractivity contribution in [2.24, 2.45) is 0 Å². The maximum absolute atomic E-state index is 12.4. The second kappa shape index (κ2) is 6.01. The number of aromatic nitrogens is 1. The molecule has 102 valence electrons. The molecule has 0 saturated carbocycles. The number of rotatable bonds is 4. The van der Waals surface area contributed by atoms with Gasteiger partial charge in [0.15, 0.2) is 0 Å². The van der Waals surface area contributed by atoms with E-state index in [0.717, 1.165) is 16.2 Å². The van der Waals surface area contributed by atoms with Gasteiger partial charge in [-0.1, -0.05) is 15.9 Å². The molecular formula is C10H12BrF3N2OS. The van der Waals surface area contributed by atoms with Crippen LogP contribution in [0.3, 0.4) is 0 Å². The van der Waals surface area contributed by atoms with Crippen LogP contribution in [0.4, 0.5) is 13.2 Å². The minimum Gasteiger partial charge on any atom is -0.328 e. The van der Waals surface area contributed by atoms with Crippen LogP contribution in [-0.2, 0) is 0 Å². The van der Waals surface area contributed by atoms with Crippen molar-refractivity contribution in [3.05, 3.63) is 15.6 Å². The highest BCUT2D eigenvalue weighted by atomic mass is 79.9. The third-order valence-electron chi connectivity index (χ3n) is 2.11. The molecule has 0 bridgehead atoms. The summed E-state index contributed by atoms with van der Waals surface area (Å²) in [6.07, 6.45) is -4.40. The van der Waals surface area contributed by atoms with Crippen LogP contribution in [0, 0.1) is 13.8 Å². The van der Waals surface area contributed by atoms with Gasteiger partial charge in [0, 0.05) is 11.9 Å². The molecule has 1 aromatic rings. The van der Waals surface area contributed by atoms with Crippen LogP contribution >= 0.6 is 27.3 Å². The zero-order chi connectivity index (χ0) is 13.9. The minimum atomic E-state index is -4.40. The fourth-order valence-electron chi connectivity index (χ4n) is 1.44. The predicted octanol–water partition coefficient (Wildman–Crippen LogP) is 3.16. The zero-order valence-corrected chi connectivity index (χ0v) is 12.2. The summed E-state index contributed by atoms with van der Waals surface area (Å²) in [7, 11) is 0. The number of carbonyl (C=O) groups excluding carboxylic acids is 1. The molecule has 1 aromatic heterocycles. The van der Waals surface area contributed by atoms with Crippen molar-refractivity contribution < 1.29 is 18.0 Å². The number of hydrogen-bond donors (Lipinski definition) is 0. The summed E-state index contributed by atoms with van der Waals surface area (Å²) >= 11 is 4.17. The van der Waals surface area contributed by atoms with E-state index in [2.05, 4.69) is 20.9 Å². The molecule has 8 heteroatoms. The van der Waals surface area contributed by atoms with Gasteiger partial charge in [-0.05, 0) is 13.8 Å². The zero-order valence-electron chi connectivity index (χ0n) is 9.84. The van der Waals surface area contributed by atoms with Crippen LogP contribution in [0.15, 0.2) is 0 Å². The van der Waals surface area contributed by atoms with E-state index in [9.17, 15) is 18.0 Å².